The van der Waals surface area contributed by atoms with Crippen LogP contribution >= 0.6 is 0 Å². The third kappa shape index (κ3) is 2.99. The van der Waals surface area contributed by atoms with Gasteiger partial charge in [0.1, 0.15) is 0 Å². The summed E-state index contributed by atoms with van der Waals surface area (Å²) in [7, 11) is 2.08. The van der Waals surface area contributed by atoms with Crippen molar-refractivity contribution in [3.63, 3.8) is 0 Å². The zero-order chi connectivity index (χ0) is 18.9. The van der Waals surface area contributed by atoms with E-state index < -0.39 is 0 Å². The molecule has 1 saturated heterocycles. The van der Waals surface area contributed by atoms with Crippen molar-refractivity contribution in [3.05, 3.63) is 73.3 Å². The SMILES string of the molecule is Cn1ccc2cc(-c3ncccc3N3CCN(c4ccncc4)CC3)ccc21. The average Bonchev–Trinajstić information content (AvgIpc) is 3.15. The molecule has 4 aromatic rings. The molecule has 0 unspecified atom stereocenters. The highest BCUT2D eigenvalue weighted by Crippen LogP contribution is 2.32. The lowest BCUT2D eigenvalue weighted by Crippen LogP contribution is -2.46. The third-order valence-electron chi connectivity index (χ3n) is 5.59. The normalized spacial score (nSPS) is 14.6. The second-order valence-corrected chi connectivity index (χ2v) is 7.25. The molecule has 0 bridgehead atoms. The van der Waals surface area contributed by atoms with E-state index in [9.17, 15) is 0 Å². The summed E-state index contributed by atoms with van der Waals surface area (Å²) in [6, 6.07) is 17.2. The summed E-state index contributed by atoms with van der Waals surface area (Å²) in [4.78, 5) is 13.7. The molecule has 1 aliphatic heterocycles. The van der Waals surface area contributed by atoms with Crippen LogP contribution < -0.4 is 9.80 Å². The van der Waals surface area contributed by atoms with E-state index in [0.717, 1.165) is 31.9 Å². The van der Waals surface area contributed by atoms with E-state index in [0.29, 0.717) is 0 Å². The minimum Gasteiger partial charge on any atom is -0.368 e. The van der Waals surface area contributed by atoms with Gasteiger partial charge in [0.2, 0.25) is 0 Å². The molecule has 1 aromatic carbocycles. The van der Waals surface area contributed by atoms with Crippen LogP contribution in [0.4, 0.5) is 11.4 Å². The zero-order valence-electron chi connectivity index (χ0n) is 16.0. The fourth-order valence-electron chi connectivity index (χ4n) is 4.06. The Labute approximate surface area is 164 Å². The minimum absolute atomic E-state index is 0.981. The maximum Gasteiger partial charge on any atom is 0.0935 e. The van der Waals surface area contributed by atoms with Crippen molar-refractivity contribution >= 4 is 22.3 Å². The predicted octanol–water partition coefficient (Wildman–Crippen LogP) is 3.96. The standard InChI is InChI=1S/C23H23N5/c1-26-12-8-18-17-19(4-5-21(18)26)23-22(3-2-9-25-23)28-15-13-27(14-16-28)20-6-10-24-11-7-20/h2-12,17H,13-16H2,1H3. The number of fused-ring (bicyclic) bond motifs is 1. The van der Waals surface area contributed by atoms with Crippen molar-refractivity contribution in [3.8, 4) is 11.3 Å². The molecule has 5 rings (SSSR count). The van der Waals surface area contributed by atoms with Crippen molar-refractivity contribution in [2.24, 2.45) is 7.05 Å². The molecule has 0 N–H and O–H groups in total. The smallest absolute Gasteiger partial charge is 0.0935 e. The number of nitrogens with zero attached hydrogens (tertiary/aromatic N) is 5. The Balaban J connectivity index is 1.42. The predicted molar refractivity (Wildman–Crippen MR) is 115 cm³/mol. The van der Waals surface area contributed by atoms with Crippen LogP contribution in [0, 0.1) is 0 Å². The Bertz CT molecular complexity index is 1090. The summed E-state index contributed by atoms with van der Waals surface area (Å²) >= 11 is 0. The van der Waals surface area contributed by atoms with Crippen LogP contribution in [0.5, 0.6) is 0 Å². The molecule has 0 spiro atoms. The number of hydrogen-bond acceptors (Lipinski definition) is 4. The highest BCUT2D eigenvalue weighted by atomic mass is 15.3. The van der Waals surface area contributed by atoms with Crippen LogP contribution in [-0.2, 0) is 7.05 Å². The molecule has 140 valence electrons. The second kappa shape index (κ2) is 7.00. The van der Waals surface area contributed by atoms with E-state index in [-0.39, 0.29) is 0 Å². The van der Waals surface area contributed by atoms with Gasteiger partial charge in [-0.1, -0.05) is 6.07 Å². The molecule has 0 atom stereocenters. The van der Waals surface area contributed by atoms with Gasteiger partial charge in [-0.05, 0) is 42.5 Å². The fraction of sp³-hybridized carbons (Fsp3) is 0.217. The van der Waals surface area contributed by atoms with E-state index in [1.54, 1.807) is 0 Å². The lowest BCUT2D eigenvalue weighted by atomic mass is 10.1. The van der Waals surface area contributed by atoms with E-state index in [2.05, 4.69) is 75.1 Å². The maximum atomic E-state index is 4.74. The number of benzene rings is 1. The van der Waals surface area contributed by atoms with Gasteiger partial charge in [-0.15, -0.1) is 0 Å². The van der Waals surface area contributed by atoms with Crippen LogP contribution in [-0.4, -0.2) is 40.7 Å². The Morgan fingerprint density at radius 1 is 0.821 bits per heavy atom. The molecule has 5 heteroatoms. The number of aromatic nitrogens is 3. The number of piperazine rings is 1. The first-order valence-electron chi connectivity index (χ1n) is 9.70. The molecule has 0 aliphatic carbocycles. The van der Waals surface area contributed by atoms with Gasteiger partial charge in [0.05, 0.1) is 11.4 Å². The Morgan fingerprint density at radius 2 is 1.61 bits per heavy atom. The van der Waals surface area contributed by atoms with E-state index in [1.807, 2.05) is 24.7 Å². The molecule has 1 aliphatic rings. The number of rotatable bonds is 3. The first-order chi connectivity index (χ1) is 13.8. The highest BCUT2D eigenvalue weighted by molar-refractivity contribution is 5.87. The van der Waals surface area contributed by atoms with Crippen molar-refractivity contribution in [2.75, 3.05) is 36.0 Å². The van der Waals surface area contributed by atoms with Crippen molar-refractivity contribution in [1.82, 2.24) is 14.5 Å². The summed E-state index contributed by atoms with van der Waals surface area (Å²) in [5, 5.41) is 1.25. The van der Waals surface area contributed by atoms with Crippen molar-refractivity contribution in [2.45, 2.75) is 0 Å². The van der Waals surface area contributed by atoms with Gasteiger partial charge in [0, 0.05) is 80.2 Å². The van der Waals surface area contributed by atoms with Crippen LogP contribution in [0.2, 0.25) is 0 Å². The molecule has 4 heterocycles. The molecule has 0 radical (unpaired) electrons. The topological polar surface area (TPSA) is 37.2 Å². The van der Waals surface area contributed by atoms with Crippen molar-refractivity contribution in [1.29, 1.82) is 0 Å². The quantitative estimate of drug-likeness (QED) is 0.548. The van der Waals surface area contributed by atoms with Gasteiger partial charge in [-0.3, -0.25) is 9.97 Å². The van der Waals surface area contributed by atoms with Gasteiger partial charge in [-0.25, -0.2) is 0 Å². The van der Waals surface area contributed by atoms with E-state index >= 15 is 0 Å². The zero-order valence-corrected chi connectivity index (χ0v) is 16.0. The fourth-order valence-corrected chi connectivity index (χ4v) is 4.06. The van der Waals surface area contributed by atoms with Crippen LogP contribution in [0.3, 0.4) is 0 Å². The van der Waals surface area contributed by atoms with Gasteiger partial charge < -0.3 is 14.4 Å². The first-order valence-corrected chi connectivity index (χ1v) is 9.70. The van der Waals surface area contributed by atoms with Gasteiger partial charge in [0.15, 0.2) is 0 Å². The largest absolute Gasteiger partial charge is 0.368 e. The van der Waals surface area contributed by atoms with E-state index in [4.69, 9.17) is 4.98 Å². The van der Waals surface area contributed by atoms with E-state index in [1.165, 1.54) is 27.8 Å². The summed E-state index contributed by atoms with van der Waals surface area (Å²) in [5.41, 5.74) is 5.94. The Kier molecular flexibility index (Phi) is 4.20. The average molecular weight is 369 g/mol. The Hall–Kier alpha value is -3.34. The first kappa shape index (κ1) is 16.8. The van der Waals surface area contributed by atoms with Gasteiger partial charge in [-0.2, -0.15) is 0 Å². The van der Waals surface area contributed by atoms with Crippen LogP contribution in [0.25, 0.3) is 22.2 Å². The summed E-state index contributed by atoms with van der Waals surface area (Å²) in [5.74, 6) is 0. The summed E-state index contributed by atoms with van der Waals surface area (Å²) in [6.07, 6.45) is 7.72. The minimum atomic E-state index is 0.981. The number of aryl methyl sites for hydroxylation is 1. The molecular weight excluding hydrogens is 346 g/mol. The summed E-state index contributed by atoms with van der Waals surface area (Å²) in [6.45, 7) is 3.95. The Morgan fingerprint density at radius 3 is 2.43 bits per heavy atom. The molecule has 1 fully saturated rings. The number of anilines is 2. The molecule has 3 aromatic heterocycles. The monoisotopic (exact) mass is 369 g/mol. The lowest BCUT2D eigenvalue weighted by molar-refractivity contribution is 0.653. The maximum absolute atomic E-state index is 4.74. The molecular formula is C23H23N5. The summed E-state index contributed by atoms with van der Waals surface area (Å²) < 4.78 is 2.15. The van der Waals surface area contributed by atoms with Crippen molar-refractivity contribution < 1.29 is 0 Å². The van der Waals surface area contributed by atoms with Gasteiger partial charge >= 0.3 is 0 Å². The third-order valence-corrected chi connectivity index (χ3v) is 5.59. The number of hydrogen-bond donors (Lipinski definition) is 0. The number of pyridine rings is 2. The molecule has 28 heavy (non-hydrogen) atoms. The molecule has 0 amide bonds. The molecule has 5 nitrogen and oxygen atoms in total. The lowest BCUT2D eigenvalue weighted by Gasteiger charge is -2.37. The van der Waals surface area contributed by atoms with Crippen LogP contribution in [0.15, 0.2) is 73.3 Å². The second-order valence-electron chi connectivity index (χ2n) is 7.25. The molecule has 0 saturated carbocycles. The highest BCUT2D eigenvalue weighted by Gasteiger charge is 2.20. The van der Waals surface area contributed by atoms with Crippen LogP contribution in [0.1, 0.15) is 0 Å². The van der Waals surface area contributed by atoms with Gasteiger partial charge in [0.25, 0.3) is 0 Å².